The molecular weight excluding hydrogens is 294 g/mol. The molecule has 23 heavy (non-hydrogen) atoms. The summed E-state index contributed by atoms with van der Waals surface area (Å²) in [5.74, 6) is -0.385. The lowest BCUT2D eigenvalue weighted by atomic mass is 9.95. The molecular formula is C18H23NO4. The molecule has 2 amide bonds. The number of fused-ring (bicyclic) bond motifs is 1. The first-order chi connectivity index (χ1) is 10.7. The zero-order chi connectivity index (χ0) is 17.2. The van der Waals surface area contributed by atoms with E-state index >= 15 is 0 Å². The summed E-state index contributed by atoms with van der Waals surface area (Å²) in [5, 5.41) is 0. The number of nitrogens with zero attached hydrogens (tertiary/aromatic N) is 1. The maximum atomic E-state index is 12.5. The van der Waals surface area contributed by atoms with Crippen LogP contribution in [0.2, 0.25) is 0 Å². The van der Waals surface area contributed by atoms with Crippen LogP contribution in [-0.4, -0.2) is 36.2 Å². The SMILES string of the molecule is C=C[C@@H]1OCCc2cc(C(=O)N(C)C(=O)OC(C)(C)C)ccc21. The largest absolute Gasteiger partial charge is 0.443 e. The number of carbonyl (C=O) groups excluding carboxylic acids is 2. The molecule has 0 aromatic heterocycles. The van der Waals surface area contributed by atoms with Crippen LogP contribution in [0.5, 0.6) is 0 Å². The normalized spacial score (nSPS) is 17.1. The van der Waals surface area contributed by atoms with Crippen LogP contribution in [0.15, 0.2) is 30.9 Å². The fourth-order valence-corrected chi connectivity index (χ4v) is 2.42. The second-order valence-corrected chi connectivity index (χ2v) is 6.54. The highest BCUT2D eigenvalue weighted by atomic mass is 16.6. The smallest absolute Gasteiger partial charge is 0.417 e. The van der Waals surface area contributed by atoms with Gasteiger partial charge in [0, 0.05) is 12.6 Å². The van der Waals surface area contributed by atoms with Gasteiger partial charge in [-0.1, -0.05) is 12.1 Å². The summed E-state index contributed by atoms with van der Waals surface area (Å²) in [5.41, 5.74) is 1.88. The molecule has 0 N–H and O–H groups in total. The van der Waals surface area contributed by atoms with Crippen LogP contribution in [0.4, 0.5) is 4.79 Å². The molecule has 5 heteroatoms. The molecule has 1 aromatic carbocycles. The Labute approximate surface area is 136 Å². The maximum Gasteiger partial charge on any atom is 0.417 e. The van der Waals surface area contributed by atoms with Crippen molar-refractivity contribution in [3.05, 3.63) is 47.5 Å². The van der Waals surface area contributed by atoms with Crippen molar-refractivity contribution in [1.82, 2.24) is 4.90 Å². The molecule has 0 fully saturated rings. The Hall–Kier alpha value is -2.14. The van der Waals surface area contributed by atoms with Crippen LogP contribution in [-0.2, 0) is 15.9 Å². The molecule has 1 aliphatic heterocycles. The van der Waals surface area contributed by atoms with Crippen molar-refractivity contribution in [2.75, 3.05) is 13.7 Å². The zero-order valence-electron chi connectivity index (χ0n) is 14.1. The highest BCUT2D eigenvalue weighted by molar-refractivity contribution is 6.02. The Morgan fingerprint density at radius 1 is 1.39 bits per heavy atom. The molecule has 1 atom stereocenters. The minimum atomic E-state index is -0.660. The first-order valence-electron chi connectivity index (χ1n) is 7.61. The molecule has 2 rings (SSSR count). The molecule has 0 spiro atoms. The minimum Gasteiger partial charge on any atom is -0.443 e. The van der Waals surface area contributed by atoms with E-state index in [-0.39, 0.29) is 12.0 Å². The summed E-state index contributed by atoms with van der Waals surface area (Å²) in [6.07, 6.45) is 1.67. The maximum absolute atomic E-state index is 12.5. The van der Waals surface area contributed by atoms with Gasteiger partial charge in [0.1, 0.15) is 11.7 Å². The quantitative estimate of drug-likeness (QED) is 0.784. The van der Waals surface area contributed by atoms with Crippen molar-refractivity contribution < 1.29 is 19.1 Å². The monoisotopic (exact) mass is 317 g/mol. The number of rotatable bonds is 2. The number of hydrogen-bond donors (Lipinski definition) is 0. The second-order valence-electron chi connectivity index (χ2n) is 6.54. The molecule has 5 nitrogen and oxygen atoms in total. The number of hydrogen-bond acceptors (Lipinski definition) is 4. The molecule has 0 saturated heterocycles. The third kappa shape index (κ3) is 3.99. The third-order valence-corrected chi connectivity index (χ3v) is 3.55. The topological polar surface area (TPSA) is 55.8 Å². The first kappa shape index (κ1) is 17.2. The van der Waals surface area contributed by atoms with Crippen molar-refractivity contribution in [3.8, 4) is 0 Å². The highest BCUT2D eigenvalue weighted by Crippen LogP contribution is 2.28. The van der Waals surface area contributed by atoms with Crippen molar-refractivity contribution >= 4 is 12.0 Å². The van der Waals surface area contributed by atoms with Gasteiger partial charge < -0.3 is 9.47 Å². The Morgan fingerprint density at radius 2 is 2.09 bits per heavy atom. The van der Waals surface area contributed by atoms with E-state index in [2.05, 4.69) is 6.58 Å². The molecule has 124 valence electrons. The standard InChI is InChI=1S/C18H23NO4/c1-6-15-14-8-7-13(11-12(14)9-10-22-15)16(20)19(5)17(21)23-18(2,3)4/h6-8,11,15H,1,9-10H2,2-5H3/t15-/m0/s1. The summed E-state index contributed by atoms with van der Waals surface area (Å²) in [6.45, 7) is 9.64. The Balaban J connectivity index is 2.20. The predicted octanol–water partition coefficient (Wildman–Crippen LogP) is 3.49. The number of carbonyl (C=O) groups is 2. The fourth-order valence-electron chi connectivity index (χ4n) is 2.42. The number of ether oxygens (including phenoxy) is 2. The van der Waals surface area contributed by atoms with Gasteiger partial charge in [0.05, 0.1) is 6.61 Å². The van der Waals surface area contributed by atoms with Crippen LogP contribution in [0.3, 0.4) is 0 Å². The third-order valence-electron chi connectivity index (χ3n) is 3.55. The van der Waals surface area contributed by atoms with Gasteiger partial charge in [-0.15, -0.1) is 6.58 Å². The zero-order valence-corrected chi connectivity index (χ0v) is 14.1. The van der Waals surface area contributed by atoms with Gasteiger partial charge >= 0.3 is 6.09 Å². The molecule has 0 saturated carbocycles. The van der Waals surface area contributed by atoms with Crippen molar-refractivity contribution in [3.63, 3.8) is 0 Å². The summed E-state index contributed by atoms with van der Waals surface area (Å²) in [7, 11) is 1.42. The minimum absolute atomic E-state index is 0.147. The van der Waals surface area contributed by atoms with E-state index in [1.807, 2.05) is 12.1 Å². The highest BCUT2D eigenvalue weighted by Gasteiger charge is 2.26. The van der Waals surface area contributed by atoms with Gasteiger partial charge in [0.15, 0.2) is 0 Å². The predicted molar refractivity (Wildman–Crippen MR) is 87.4 cm³/mol. The van der Waals surface area contributed by atoms with Crippen molar-refractivity contribution in [1.29, 1.82) is 0 Å². The molecule has 1 heterocycles. The van der Waals surface area contributed by atoms with Crippen molar-refractivity contribution in [2.45, 2.75) is 38.9 Å². The van der Waals surface area contributed by atoms with Crippen LogP contribution in [0, 0.1) is 0 Å². The lowest BCUT2D eigenvalue weighted by molar-refractivity contribution is 0.0284. The van der Waals surface area contributed by atoms with E-state index in [1.165, 1.54) is 7.05 Å². The molecule has 0 bridgehead atoms. The van der Waals surface area contributed by atoms with Gasteiger partial charge in [0.25, 0.3) is 5.91 Å². The van der Waals surface area contributed by atoms with Crippen LogP contribution in [0.1, 0.15) is 48.4 Å². The number of amides is 2. The molecule has 0 radical (unpaired) electrons. The number of benzene rings is 1. The first-order valence-corrected chi connectivity index (χ1v) is 7.61. The summed E-state index contributed by atoms with van der Waals surface area (Å²) in [6, 6.07) is 5.38. The van der Waals surface area contributed by atoms with E-state index in [4.69, 9.17) is 9.47 Å². The Kier molecular flexibility index (Phi) is 4.90. The van der Waals surface area contributed by atoms with Crippen LogP contribution < -0.4 is 0 Å². The van der Waals surface area contributed by atoms with Gasteiger partial charge in [-0.05, 0) is 50.5 Å². The van der Waals surface area contributed by atoms with E-state index in [0.717, 1.165) is 22.4 Å². The van der Waals surface area contributed by atoms with E-state index in [1.54, 1.807) is 32.9 Å². The average molecular weight is 317 g/mol. The average Bonchev–Trinajstić information content (AvgIpc) is 2.50. The summed E-state index contributed by atoms with van der Waals surface area (Å²) in [4.78, 5) is 25.5. The Bertz CT molecular complexity index is 630. The molecule has 0 aliphatic carbocycles. The summed E-state index contributed by atoms with van der Waals surface area (Å²) >= 11 is 0. The number of imide groups is 1. The van der Waals surface area contributed by atoms with Crippen molar-refractivity contribution in [2.24, 2.45) is 0 Å². The van der Waals surface area contributed by atoms with E-state index in [9.17, 15) is 9.59 Å². The summed E-state index contributed by atoms with van der Waals surface area (Å²) < 4.78 is 10.8. The van der Waals surface area contributed by atoms with Crippen LogP contribution >= 0.6 is 0 Å². The van der Waals surface area contributed by atoms with E-state index < -0.39 is 11.7 Å². The van der Waals surface area contributed by atoms with Gasteiger partial charge in [-0.25, -0.2) is 9.69 Å². The Morgan fingerprint density at radius 3 is 2.70 bits per heavy atom. The van der Waals surface area contributed by atoms with Gasteiger partial charge in [-0.3, -0.25) is 4.79 Å². The lowest BCUT2D eigenvalue weighted by Crippen LogP contribution is -2.38. The van der Waals surface area contributed by atoms with Gasteiger partial charge in [-0.2, -0.15) is 0 Å². The molecule has 1 aromatic rings. The van der Waals surface area contributed by atoms with Gasteiger partial charge in [0.2, 0.25) is 0 Å². The second kappa shape index (κ2) is 6.54. The molecule has 1 aliphatic rings. The lowest BCUT2D eigenvalue weighted by Gasteiger charge is -2.25. The molecule has 0 unspecified atom stereocenters. The van der Waals surface area contributed by atoms with Crippen LogP contribution in [0.25, 0.3) is 0 Å². The fraction of sp³-hybridized carbons (Fsp3) is 0.444. The van der Waals surface area contributed by atoms with E-state index in [0.29, 0.717) is 12.2 Å².